The quantitative estimate of drug-likeness (QED) is 0.332. The smallest absolute Gasteiger partial charge is 0.246 e. The number of hydrazone groups is 1. The number of nitrogens with zero attached hydrogens (tertiary/aromatic N) is 6. The van der Waals surface area contributed by atoms with Crippen molar-refractivity contribution in [2.75, 3.05) is 0 Å². The largest absolute Gasteiger partial charge is 0.297 e. The second-order valence-corrected chi connectivity index (χ2v) is 7.62. The standard InChI is InChI=1S/C22H17N7OS/c30-20(11-18-15-28-9-10-31-22(28)25-18)26-24-13-17-14-29(19-6-2-1-3-7-19)27-21(17)16-5-4-8-23-12-16/h1-10,12-15H,11H2,(H,26,30)/b24-13-. The highest BCUT2D eigenvalue weighted by Gasteiger charge is 2.12. The second-order valence-electron chi connectivity index (χ2n) is 6.75. The number of hydrogen-bond donors (Lipinski definition) is 1. The van der Waals surface area contributed by atoms with Gasteiger partial charge in [-0.25, -0.2) is 15.1 Å². The fourth-order valence-electron chi connectivity index (χ4n) is 3.16. The summed E-state index contributed by atoms with van der Waals surface area (Å²) in [5.74, 6) is -0.236. The number of carbonyl (C=O) groups is 1. The first-order valence-electron chi connectivity index (χ1n) is 9.55. The molecule has 152 valence electrons. The molecular formula is C22H17N7OS. The summed E-state index contributed by atoms with van der Waals surface area (Å²) in [6.45, 7) is 0. The second kappa shape index (κ2) is 8.33. The molecule has 4 aromatic heterocycles. The Labute approximate surface area is 181 Å². The lowest BCUT2D eigenvalue weighted by Gasteiger charge is -2.00. The van der Waals surface area contributed by atoms with Crippen LogP contribution in [0.5, 0.6) is 0 Å². The van der Waals surface area contributed by atoms with Crippen LogP contribution in [0.1, 0.15) is 11.3 Å². The van der Waals surface area contributed by atoms with Crippen LogP contribution in [0.2, 0.25) is 0 Å². The number of benzene rings is 1. The summed E-state index contributed by atoms with van der Waals surface area (Å²) in [5, 5.41) is 10.8. The van der Waals surface area contributed by atoms with E-state index in [4.69, 9.17) is 5.10 Å². The van der Waals surface area contributed by atoms with E-state index in [1.807, 2.05) is 70.8 Å². The van der Waals surface area contributed by atoms with E-state index >= 15 is 0 Å². The summed E-state index contributed by atoms with van der Waals surface area (Å²) in [5.41, 5.74) is 6.56. The lowest BCUT2D eigenvalue weighted by molar-refractivity contribution is -0.120. The van der Waals surface area contributed by atoms with Gasteiger partial charge in [-0.3, -0.25) is 14.2 Å². The maximum Gasteiger partial charge on any atom is 0.246 e. The summed E-state index contributed by atoms with van der Waals surface area (Å²) in [6.07, 6.45) is 10.8. The van der Waals surface area contributed by atoms with Gasteiger partial charge in [0.15, 0.2) is 4.96 Å². The van der Waals surface area contributed by atoms with Gasteiger partial charge < -0.3 is 0 Å². The SMILES string of the molecule is O=C(Cc1cn2ccsc2n1)N/N=C\c1cn(-c2ccccc2)nc1-c1cccnc1. The third-order valence-electron chi connectivity index (χ3n) is 4.58. The van der Waals surface area contributed by atoms with Crippen LogP contribution in [0.15, 0.2) is 83.9 Å². The molecule has 4 heterocycles. The lowest BCUT2D eigenvalue weighted by atomic mass is 10.1. The van der Waals surface area contributed by atoms with Gasteiger partial charge >= 0.3 is 0 Å². The maximum absolute atomic E-state index is 12.3. The molecule has 0 aliphatic heterocycles. The van der Waals surface area contributed by atoms with Crippen LogP contribution in [0, 0.1) is 0 Å². The molecular weight excluding hydrogens is 410 g/mol. The van der Waals surface area contributed by atoms with Crippen LogP contribution >= 0.6 is 11.3 Å². The third-order valence-corrected chi connectivity index (χ3v) is 5.35. The first-order chi connectivity index (χ1) is 15.3. The number of rotatable bonds is 6. The Morgan fingerprint density at radius 2 is 2.06 bits per heavy atom. The molecule has 5 rings (SSSR count). The van der Waals surface area contributed by atoms with Gasteiger partial charge in [-0.2, -0.15) is 10.2 Å². The Hall–Kier alpha value is -4.11. The number of thiazole rings is 1. The molecule has 1 amide bonds. The summed E-state index contributed by atoms with van der Waals surface area (Å²) < 4.78 is 3.68. The van der Waals surface area contributed by atoms with Crippen molar-refractivity contribution in [3.63, 3.8) is 0 Å². The van der Waals surface area contributed by atoms with E-state index in [0.717, 1.165) is 27.5 Å². The third kappa shape index (κ3) is 4.12. The van der Waals surface area contributed by atoms with E-state index in [1.165, 1.54) is 11.3 Å². The van der Waals surface area contributed by atoms with Crippen LogP contribution in [-0.2, 0) is 11.2 Å². The first-order valence-corrected chi connectivity index (χ1v) is 10.4. The van der Waals surface area contributed by atoms with Crippen molar-refractivity contribution in [2.24, 2.45) is 5.10 Å². The van der Waals surface area contributed by atoms with Gasteiger partial charge in [0.25, 0.3) is 0 Å². The predicted octanol–water partition coefficient (Wildman–Crippen LogP) is 3.34. The van der Waals surface area contributed by atoms with Crippen molar-refractivity contribution >= 4 is 28.4 Å². The number of aromatic nitrogens is 5. The number of amides is 1. The molecule has 8 nitrogen and oxygen atoms in total. The van der Waals surface area contributed by atoms with Gasteiger partial charge in [-0.05, 0) is 24.3 Å². The van der Waals surface area contributed by atoms with Crippen molar-refractivity contribution in [1.82, 2.24) is 29.6 Å². The molecule has 9 heteroatoms. The summed E-state index contributed by atoms with van der Waals surface area (Å²) in [4.78, 5) is 21.7. The van der Waals surface area contributed by atoms with Gasteiger partial charge in [0.2, 0.25) is 5.91 Å². The Morgan fingerprint density at radius 3 is 2.87 bits per heavy atom. The fraction of sp³-hybridized carbons (Fsp3) is 0.0455. The summed E-state index contributed by atoms with van der Waals surface area (Å²) in [6, 6.07) is 13.6. The predicted molar refractivity (Wildman–Crippen MR) is 119 cm³/mol. The van der Waals surface area contributed by atoms with Crippen LogP contribution in [0.25, 0.3) is 21.9 Å². The minimum Gasteiger partial charge on any atom is -0.297 e. The maximum atomic E-state index is 12.3. The molecule has 31 heavy (non-hydrogen) atoms. The highest BCUT2D eigenvalue weighted by Crippen LogP contribution is 2.21. The number of carbonyl (C=O) groups excluding carboxylic acids is 1. The highest BCUT2D eigenvalue weighted by molar-refractivity contribution is 7.15. The summed E-state index contributed by atoms with van der Waals surface area (Å²) in [7, 11) is 0. The molecule has 0 bridgehead atoms. The molecule has 0 aliphatic carbocycles. The van der Waals surface area contributed by atoms with E-state index in [2.05, 4.69) is 20.5 Å². The van der Waals surface area contributed by atoms with Crippen molar-refractivity contribution in [1.29, 1.82) is 0 Å². The molecule has 5 aromatic rings. The molecule has 0 fully saturated rings. The number of hydrogen-bond acceptors (Lipinski definition) is 6. The van der Waals surface area contributed by atoms with E-state index in [9.17, 15) is 4.79 Å². The average Bonchev–Trinajstić information content (AvgIpc) is 3.50. The van der Waals surface area contributed by atoms with Crippen molar-refractivity contribution in [3.8, 4) is 16.9 Å². The number of imidazole rings is 1. The first kappa shape index (κ1) is 18.9. The Kier molecular flexibility index (Phi) is 5.07. The van der Waals surface area contributed by atoms with Crippen LogP contribution in [0.4, 0.5) is 0 Å². The molecule has 0 aliphatic rings. The Balaban J connectivity index is 1.35. The minimum absolute atomic E-state index is 0.157. The molecule has 0 saturated heterocycles. The zero-order valence-electron chi connectivity index (χ0n) is 16.3. The van der Waals surface area contributed by atoms with Gasteiger partial charge in [0.1, 0.15) is 5.69 Å². The molecule has 0 unspecified atom stereocenters. The fourth-order valence-corrected chi connectivity index (χ4v) is 3.88. The number of nitrogens with one attached hydrogen (secondary N) is 1. The van der Waals surface area contributed by atoms with Crippen molar-refractivity contribution in [3.05, 3.63) is 90.1 Å². The topological polar surface area (TPSA) is 89.5 Å². The summed E-state index contributed by atoms with van der Waals surface area (Å²) >= 11 is 1.53. The van der Waals surface area contributed by atoms with E-state index in [-0.39, 0.29) is 12.3 Å². The molecule has 0 saturated carbocycles. The molecule has 1 N–H and O–H groups in total. The average molecular weight is 427 g/mol. The van der Waals surface area contributed by atoms with E-state index < -0.39 is 0 Å². The Morgan fingerprint density at radius 1 is 1.16 bits per heavy atom. The van der Waals surface area contributed by atoms with Gasteiger partial charge in [-0.1, -0.05) is 18.2 Å². The number of para-hydroxylation sites is 1. The lowest BCUT2D eigenvalue weighted by Crippen LogP contribution is -2.19. The highest BCUT2D eigenvalue weighted by atomic mass is 32.1. The minimum atomic E-state index is -0.236. The molecule has 0 spiro atoms. The van der Waals surface area contributed by atoms with E-state index in [1.54, 1.807) is 23.3 Å². The zero-order chi connectivity index (χ0) is 21.0. The molecule has 1 aromatic carbocycles. The van der Waals surface area contributed by atoms with Crippen molar-refractivity contribution in [2.45, 2.75) is 6.42 Å². The van der Waals surface area contributed by atoms with Gasteiger partial charge in [0.05, 0.1) is 24.0 Å². The van der Waals surface area contributed by atoms with Crippen molar-refractivity contribution < 1.29 is 4.79 Å². The van der Waals surface area contributed by atoms with Crippen LogP contribution in [-0.4, -0.2) is 36.3 Å². The monoisotopic (exact) mass is 427 g/mol. The van der Waals surface area contributed by atoms with E-state index in [0.29, 0.717) is 5.69 Å². The van der Waals surface area contributed by atoms with Gasteiger partial charge in [-0.15, -0.1) is 11.3 Å². The van der Waals surface area contributed by atoms with Crippen LogP contribution < -0.4 is 5.43 Å². The molecule has 0 atom stereocenters. The number of fused-ring (bicyclic) bond motifs is 1. The number of pyridine rings is 1. The Bertz CT molecular complexity index is 1320. The zero-order valence-corrected chi connectivity index (χ0v) is 17.1. The molecule has 0 radical (unpaired) electrons. The normalized spacial score (nSPS) is 11.4. The van der Waals surface area contributed by atoms with Gasteiger partial charge in [0, 0.05) is 47.5 Å². The van der Waals surface area contributed by atoms with Crippen LogP contribution in [0.3, 0.4) is 0 Å².